The van der Waals surface area contributed by atoms with Gasteiger partial charge in [-0.15, -0.1) is 0 Å². The van der Waals surface area contributed by atoms with E-state index in [1.54, 1.807) is 0 Å². The third-order valence-corrected chi connectivity index (χ3v) is 4.38. The van der Waals surface area contributed by atoms with Crippen molar-refractivity contribution in [3.8, 4) is 11.8 Å². The van der Waals surface area contributed by atoms with E-state index in [2.05, 4.69) is 28.4 Å². The Bertz CT molecular complexity index is 698. The fourth-order valence-corrected chi connectivity index (χ4v) is 2.77. The Morgan fingerprint density at radius 1 is 1.28 bits per heavy atom. The summed E-state index contributed by atoms with van der Waals surface area (Å²) in [4.78, 5) is 11.0. The van der Waals surface area contributed by atoms with Crippen molar-refractivity contribution in [3.63, 3.8) is 0 Å². The van der Waals surface area contributed by atoms with E-state index < -0.39 is 0 Å². The Hall–Kier alpha value is -2.24. The Balaban J connectivity index is 1.57. The largest absolute Gasteiger partial charge is 0.424 e. The van der Waals surface area contributed by atoms with Gasteiger partial charge < -0.3 is 9.47 Å². The summed E-state index contributed by atoms with van der Waals surface area (Å²) in [6, 6.07) is 8.21. The zero-order chi connectivity index (χ0) is 17.6. The zero-order valence-corrected chi connectivity index (χ0v) is 14.9. The molecule has 0 bridgehead atoms. The van der Waals surface area contributed by atoms with Gasteiger partial charge in [-0.25, -0.2) is 9.97 Å². The first kappa shape index (κ1) is 17.6. The number of morpholine rings is 1. The molecule has 1 aliphatic heterocycles. The van der Waals surface area contributed by atoms with Crippen molar-refractivity contribution < 1.29 is 9.47 Å². The van der Waals surface area contributed by atoms with Crippen molar-refractivity contribution >= 4 is 0 Å². The number of nitrogens with zero attached hydrogens (tertiary/aromatic N) is 3. The highest BCUT2D eigenvalue weighted by Gasteiger charge is 2.22. The summed E-state index contributed by atoms with van der Waals surface area (Å²) >= 11 is 0. The highest BCUT2D eigenvalue weighted by Crippen LogP contribution is 2.19. The average Bonchev–Trinajstić information content (AvgIpc) is 2.65. The van der Waals surface area contributed by atoms with Crippen LogP contribution in [0.25, 0.3) is 0 Å². The van der Waals surface area contributed by atoms with Gasteiger partial charge in [0, 0.05) is 37.6 Å². The van der Waals surface area contributed by atoms with E-state index in [-0.39, 0.29) is 6.10 Å². The Kier molecular flexibility index (Phi) is 5.79. The van der Waals surface area contributed by atoms with Crippen LogP contribution in [0.2, 0.25) is 0 Å². The number of benzene rings is 1. The number of hydrogen-bond acceptors (Lipinski definition) is 5. The van der Waals surface area contributed by atoms with Crippen molar-refractivity contribution in [1.82, 2.24) is 14.9 Å². The molecule has 0 aliphatic carbocycles. The van der Waals surface area contributed by atoms with E-state index >= 15 is 0 Å². The van der Waals surface area contributed by atoms with Gasteiger partial charge in [0.15, 0.2) is 0 Å². The third-order valence-electron chi connectivity index (χ3n) is 4.38. The Morgan fingerprint density at radius 3 is 2.68 bits per heavy atom. The van der Waals surface area contributed by atoms with Crippen LogP contribution in [0.15, 0.2) is 48.8 Å². The molecule has 5 nitrogen and oxygen atoms in total. The molecule has 2 heterocycles. The monoisotopic (exact) mass is 339 g/mol. The van der Waals surface area contributed by atoms with Gasteiger partial charge in [0.1, 0.15) is 5.75 Å². The number of aromatic nitrogens is 2. The molecule has 0 spiro atoms. The van der Waals surface area contributed by atoms with Crippen LogP contribution in [0.5, 0.6) is 11.8 Å². The summed E-state index contributed by atoms with van der Waals surface area (Å²) in [6.07, 6.45) is 4.74. The number of aryl methyl sites for hydroxylation is 1. The molecule has 1 saturated heterocycles. The summed E-state index contributed by atoms with van der Waals surface area (Å²) in [5.41, 5.74) is 3.42. The standard InChI is InChI=1S/C20H25N3O2/c1-4-16(3)19-14-23(9-10-24-19)13-17-11-21-20(22-12-17)25-18-7-5-15(2)6-8-18/h5-8,11-12,19H,3-4,9-10,13-14H2,1-2H3/t19-/m0/s1. The normalized spacial score (nSPS) is 18.1. The fraction of sp³-hybridized carbons (Fsp3) is 0.400. The minimum absolute atomic E-state index is 0.129. The molecule has 0 N–H and O–H groups in total. The molecule has 1 fully saturated rings. The van der Waals surface area contributed by atoms with Gasteiger partial charge in [-0.1, -0.05) is 31.2 Å². The van der Waals surface area contributed by atoms with Crippen molar-refractivity contribution in [2.45, 2.75) is 32.9 Å². The van der Waals surface area contributed by atoms with E-state index in [0.717, 1.165) is 49.5 Å². The van der Waals surface area contributed by atoms with Crippen LogP contribution >= 0.6 is 0 Å². The van der Waals surface area contributed by atoms with Crippen molar-refractivity contribution in [3.05, 3.63) is 59.9 Å². The lowest BCUT2D eigenvalue weighted by Crippen LogP contribution is -2.42. The van der Waals surface area contributed by atoms with Crippen molar-refractivity contribution in [2.24, 2.45) is 0 Å². The Morgan fingerprint density at radius 2 is 2.00 bits per heavy atom. The molecule has 5 heteroatoms. The fourth-order valence-electron chi connectivity index (χ4n) is 2.77. The van der Waals surface area contributed by atoms with Crippen LogP contribution in [0.3, 0.4) is 0 Å². The highest BCUT2D eigenvalue weighted by atomic mass is 16.5. The molecule has 1 aromatic carbocycles. The summed E-state index contributed by atoms with van der Waals surface area (Å²) in [5, 5.41) is 0. The maximum atomic E-state index is 5.80. The van der Waals surface area contributed by atoms with Crippen LogP contribution in [0.1, 0.15) is 24.5 Å². The Labute approximate surface area is 149 Å². The number of ether oxygens (including phenoxy) is 2. The van der Waals surface area contributed by atoms with Crippen LogP contribution < -0.4 is 4.74 Å². The SMILES string of the molecule is C=C(CC)[C@@H]1CN(Cc2cnc(Oc3ccc(C)cc3)nc2)CCO1. The molecule has 0 amide bonds. The molecule has 1 atom stereocenters. The van der Waals surface area contributed by atoms with Gasteiger partial charge in [0.2, 0.25) is 0 Å². The molecule has 0 unspecified atom stereocenters. The lowest BCUT2D eigenvalue weighted by molar-refractivity contribution is -0.0133. The van der Waals surface area contributed by atoms with Crippen LogP contribution in [0.4, 0.5) is 0 Å². The first-order chi connectivity index (χ1) is 12.1. The second-order valence-corrected chi connectivity index (χ2v) is 6.40. The van der Waals surface area contributed by atoms with Gasteiger partial charge in [0.25, 0.3) is 0 Å². The van der Waals surface area contributed by atoms with Crippen molar-refractivity contribution in [2.75, 3.05) is 19.7 Å². The molecule has 2 aromatic rings. The van der Waals surface area contributed by atoms with E-state index in [4.69, 9.17) is 9.47 Å². The molecular weight excluding hydrogens is 314 g/mol. The van der Waals surface area contributed by atoms with Crippen LogP contribution in [-0.2, 0) is 11.3 Å². The number of rotatable bonds is 6. The molecule has 3 rings (SSSR count). The minimum atomic E-state index is 0.129. The average molecular weight is 339 g/mol. The maximum absolute atomic E-state index is 5.80. The van der Waals surface area contributed by atoms with Crippen LogP contribution in [-0.4, -0.2) is 40.7 Å². The predicted molar refractivity (Wildman–Crippen MR) is 97.7 cm³/mol. The van der Waals surface area contributed by atoms with E-state index in [0.29, 0.717) is 6.01 Å². The minimum Gasteiger partial charge on any atom is -0.424 e. The first-order valence-electron chi connectivity index (χ1n) is 8.71. The van der Waals surface area contributed by atoms with Gasteiger partial charge >= 0.3 is 6.01 Å². The van der Waals surface area contributed by atoms with Gasteiger partial charge in [-0.05, 0) is 31.1 Å². The van der Waals surface area contributed by atoms with E-state index in [1.165, 1.54) is 5.56 Å². The molecule has 0 radical (unpaired) electrons. The lowest BCUT2D eigenvalue weighted by Gasteiger charge is -2.33. The topological polar surface area (TPSA) is 47.5 Å². The van der Waals surface area contributed by atoms with Gasteiger partial charge in [0.05, 0.1) is 12.7 Å². The lowest BCUT2D eigenvalue weighted by atomic mass is 10.1. The second-order valence-electron chi connectivity index (χ2n) is 6.40. The smallest absolute Gasteiger partial charge is 0.321 e. The summed E-state index contributed by atoms with van der Waals surface area (Å²) in [6.45, 7) is 11.6. The van der Waals surface area contributed by atoms with E-state index in [9.17, 15) is 0 Å². The zero-order valence-electron chi connectivity index (χ0n) is 14.9. The summed E-state index contributed by atoms with van der Waals surface area (Å²) < 4.78 is 11.5. The molecule has 1 aliphatic rings. The molecule has 1 aromatic heterocycles. The molecule has 132 valence electrons. The van der Waals surface area contributed by atoms with Crippen LogP contribution in [0, 0.1) is 6.92 Å². The summed E-state index contributed by atoms with van der Waals surface area (Å²) in [7, 11) is 0. The summed E-state index contributed by atoms with van der Waals surface area (Å²) in [5.74, 6) is 0.743. The van der Waals surface area contributed by atoms with Crippen molar-refractivity contribution in [1.29, 1.82) is 0 Å². The maximum Gasteiger partial charge on any atom is 0.321 e. The third kappa shape index (κ3) is 4.87. The first-order valence-corrected chi connectivity index (χ1v) is 8.71. The molecular formula is C20H25N3O2. The van der Waals surface area contributed by atoms with E-state index in [1.807, 2.05) is 43.6 Å². The molecule has 0 saturated carbocycles. The number of hydrogen-bond donors (Lipinski definition) is 0. The molecule has 25 heavy (non-hydrogen) atoms. The van der Waals surface area contributed by atoms with Gasteiger partial charge in [-0.3, -0.25) is 4.90 Å². The quantitative estimate of drug-likeness (QED) is 0.750. The predicted octanol–water partition coefficient (Wildman–Crippen LogP) is 3.74. The second kappa shape index (κ2) is 8.23. The van der Waals surface area contributed by atoms with Gasteiger partial charge in [-0.2, -0.15) is 0 Å². The highest BCUT2D eigenvalue weighted by molar-refractivity contribution is 5.28.